The van der Waals surface area contributed by atoms with Gasteiger partial charge in [0.1, 0.15) is 17.2 Å². The molecule has 3 rings (SSSR count). The molecule has 0 aliphatic carbocycles. The van der Waals surface area contributed by atoms with Gasteiger partial charge in [-0.2, -0.15) is 5.26 Å². The van der Waals surface area contributed by atoms with E-state index in [1.165, 1.54) is 0 Å². The maximum absolute atomic E-state index is 9.22. The summed E-state index contributed by atoms with van der Waals surface area (Å²) in [4.78, 5) is 8.44. The maximum atomic E-state index is 9.22. The Morgan fingerprint density at radius 2 is 2.00 bits per heavy atom. The number of oxazole rings is 1. The summed E-state index contributed by atoms with van der Waals surface area (Å²) in [5.74, 6) is 0.314. The molecule has 0 radical (unpaired) electrons. The van der Waals surface area contributed by atoms with Crippen molar-refractivity contribution in [1.29, 1.82) is 5.26 Å². The molecule has 0 saturated carbocycles. The highest BCUT2D eigenvalue weighted by molar-refractivity contribution is 5.88. The van der Waals surface area contributed by atoms with Crippen LogP contribution in [0.2, 0.25) is 0 Å². The minimum Gasteiger partial charge on any atom is -0.435 e. The zero-order valence-corrected chi connectivity index (χ0v) is 9.95. The van der Waals surface area contributed by atoms with E-state index in [2.05, 4.69) is 16.0 Å². The number of para-hydroxylation sites is 2. The number of aromatic nitrogens is 2. The average molecular weight is 247 g/mol. The van der Waals surface area contributed by atoms with Gasteiger partial charge in [0.2, 0.25) is 5.89 Å². The summed E-state index contributed by atoms with van der Waals surface area (Å²) in [6.07, 6.45) is 3.33. The van der Waals surface area contributed by atoms with Crippen LogP contribution in [0.1, 0.15) is 11.6 Å². The van der Waals surface area contributed by atoms with Crippen LogP contribution in [-0.2, 0) is 0 Å². The summed E-state index contributed by atoms with van der Waals surface area (Å²) in [5, 5.41) is 9.22. The van der Waals surface area contributed by atoms with Gasteiger partial charge in [0, 0.05) is 6.20 Å². The van der Waals surface area contributed by atoms with Gasteiger partial charge in [-0.25, -0.2) is 4.98 Å². The van der Waals surface area contributed by atoms with Crippen molar-refractivity contribution < 1.29 is 4.42 Å². The number of nitrogens with zero attached hydrogens (tertiary/aromatic N) is 3. The van der Waals surface area contributed by atoms with E-state index in [4.69, 9.17) is 4.42 Å². The number of hydrogen-bond donors (Lipinski definition) is 0. The first-order valence-corrected chi connectivity index (χ1v) is 5.75. The second-order valence-electron chi connectivity index (χ2n) is 3.91. The number of nitriles is 1. The molecule has 19 heavy (non-hydrogen) atoms. The van der Waals surface area contributed by atoms with Gasteiger partial charge in [-0.05, 0) is 30.3 Å². The summed E-state index contributed by atoms with van der Waals surface area (Å²) < 4.78 is 5.56. The Bertz CT molecular complexity index is 749. The number of benzene rings is 1. The van der Waals surface area contributed by atoms with Crippen LogP contribution in [-0.4, -0.2) is 9.97 Å². The molecule has 0 aliphatic heterocycles. The van der Waals surface area contributed by atoms with Crippen molar-refractivity contribution in [3.8, 4) is 6.07 Å². The first kappa shape index (κ1) is 11.2. The van der Waals surface area contributed by atoms with Gasteiger partial charge in [-0.15, -0.1) is 0 Å². The zero-order valence-electron chi connectivity index (χ0n) is 9.95. The third-order valence-corrected chi connectivity index (χ3v) is 2.62. The Balaban J connectivity index is 2.08. The molecule has 0 amide bonds. The molecule has 3 aromatic rings. The minimum absolute atomic E-state index is 0.314. The Labute approximate surface area is 109 Å². The third-order valence-electron chi connectivity index (χ3n) is 2.62. The van der Waals surface area contributed by atoms with Crippen molar-refractivity contribution in [2.75, 3.05) is 0 Å². The van der Waals surface area contributed by atoms with Crippen LogP contribution in [0, 0.1) is 11.3 Å². The highest BCUT2D eigenvalue weighted by atomic mass is 16.3. The average Bonchev–Trinajstić information content (AvgIpc) is 2.89. The smallest absolute Gasteiger partial charge is 0.238 e. The monoisotopic (exact) mass is 247 g/mol. The maximum Gasteiger partial charge on any atom is 0.238 e. The summed E-state index contributed by atoms with van der Waals surface area (Å²) in [6.45, 7) is 0. The van der Waals surface area contributed by atoms with Gasteiger partial charge in [0.25, 0.3) is 0 Å². The van der Waals surface area contributed by atoms with Crippen LogP contribution < -0.4 is 0 Å². The quantitative estimate of drug-likeness (QED) is 0.652. The first-order valence-electron chi connectivity index (χ1n) is 5.75. The molecule has 0 saturated heterocycles. The fourth-order valence-corrected chi connectivity index (χ4v) is 1.74. The van der Waals surface area contributed by atoms with Crippen LogP contribution in [0.3, 0.4) is 0 Å². The lowest BCUT2D eigenvalue weighted by Crippen LogP contribution is -1.83. The molecule has 0 N–H and O–H groups in total. The number of rotatable bonds is 2. The first-order chi connectivity index (χ1) is 9.36. The molecule has 0 unspecified atom stereocenters. The molecule has 2 heterocycles. The van der Waals surface area contributed by atoms with E-state index in [0.29, 0.717) is 22.7 Å². The number of fused-ring (bicyclic) bond motifs is 1. The Morgan fingerprint density at radius 3 is 2.74 bits per heavy atom. The molecule has 0 atom stereocenters. The molecular formula is C15H9N3O. The predicted molar refractivity (Wildman–Crippen MR) is 71.7 cm³/mol. The van der Waals surface area contributed by atoms with Crippen LogP contribution in [0.15, 0.2) is 53.1 Å². The molecule has 0 bridgehead atoms. The highest BCUT2D eigenvalue weighted by Crippen LogP contribution is 2.21. The molecule has 0 fully saturated rings. The molecule has 4 nitrogen and oxygen atoms in total. The summed E-state index contributed by atoms with van der Waals surface area (Å²) in [6, 6.07) is 15.0. The minimum atomic E-state index is 0.314. The van der Waals surface area contributed by atoms with Crippen molar-refractivity contribution in [2.24, 2.45) is 0 Å². The van der Waals surface area contributed by atoms with Gasteiger partial charge in [0.15, 0.2) is 5.58 Å². The largest absolute Gasteiger partial charge is 0.435 e. The number of pyridine rings is 1. The van der Waals surface area contributed by atoms with Crippen LogP contribution in [0.5, 0.6) is 0 Å². The number of allylic oxidation sites excluding steroid dienone is 1. The van der Waals surface area contributed by atoms with E-state index in [0.717, 1.165) is 5.52 Å². The van der Waals surface area contributed by atoms with Crippen molar-refractivity contribution in [3.63, 3.8) is 0 Å². The fraction of sp³-hybridized carbons (Fsp3) is 0. The molecule has 0 spiro atoms. The Hall–Kier alpha value is -2.93. The second-order valence-corrected chi connectivity index (χ2v) is 3.91. The summed E-state index contributed by atoms with van der Waals surface area (Å²) in [5.41, 5.74) is 2.45. The van der Waals surface area contributed by atoms with Gasteiger partial charge in [0.05, 0.1) is 5.69 Å². The van der Waals surface area contributed by atoms with E-state index >= 15 is 0 Å². The number of hydrogen-bond acceptors (Lipinski definition) is 4. The van der Waals surface area contributed by atoms with Gasteiger partial charge in [-0.3, -0.25) is 4.98 Å². The lowest BCUT2D eigenvalue weighted by molar-refractivity contribution is 0.586. The SMILES string of the molecule is N#C/C(=C\c1ccccn1)c1nc2ccccc2o1. The molecule has 0 aliphatic rings. The van der Waals surface area contributed by atoms with Crippen LogP contribution in [0.25, 0.3) is 22.7 Å². The van der Waals surface area contributed by atoms with Crippen molar-refractivity contribution in [1.82, 2.24) is 9.97 Å². The van der Waals surface area contributed by atoms with E-state index in [1.54, 1.807) is 12.3 Å². The Morgan fingerprint density at radius 1 is 1.16 bits per heavy atom. The van der Waals surface area contributed by atoms with Crippen molar-refractivity contribution in [2.45, 2.75) is 0 Å². The molecule has 90 valence electrons. The van der Waals surface area contributed by atoms with Crippen molar-refractivity contribution >= 4 is 22.7 Å². The van der Waals surface area contributed by atoms with E-state index in [1.807, 2.05) is 42.5 Å². The van der Waals surface area contributed by atoms with Crippen LogP contribution in [0.4, 0.5) is 0 Å². The van der Waals surface area contributed by atoms with Crippen LogP contribution >= 0.6 is 0 Å². The molecule has 1 aromatic carbocycles. The predicted octanol–water partition coefficient (Wildman–Crippen LogP) is 3.29. The molecule has 4 heteroatoms. The Kier molecular flexibility index (Phi) is 2.79. The van der Waals surface area contributed by atoms with Gasteiger partial charge >= 0.3 is 0 Å². The van der Waals surface area contributed by atoms with E-state index < -0.39 is 0 Å². The summed E-state index contributed by atoms with van der Waals surface area (Å²) >= 11 is 0. The topological polar surface area (TPSA) is 62.7 Å². The normalized spacial score (nSPS) is 11.4. The highest BCUT2D eigenvalue weighted by Gasteiger charge is 2.10. The lowest BCUT2D eigenvalue weighted by Gasteiger charge is -1.92. The van der Waals surface area contributed by atoms with Gasteiger partial charge in [-0.1, -0.05) is 18.2 Å². The van der Waals surface area contributed by atoms with Crippen molar-refractivity contribution in [3.05, 3.63) is 60.2 Å². The van der Waals surface area contributed by atoms with E-state index in [-0.39, 0.29) is 0 Å². The standard InChI is InChI=1S/C15H9N3O/c16-10-11(9-12-5-3-4-8-17-12)15-18-13-6-1-2-7-14(13)19-15/h1-9H/b11-9+. The lowest BCUT2D eigenvalue weighted by atomic mass is 10.2. The van der Waals surface area contributed by atoms with E-state index in [9.17, 15) is 5.26 Å². The fourth-order valence-electron chi connectivity index (χ4n) is 1.74. The second kappa shape index (κ2) is 4.75. The third kappa shape index (κ3) is 2.22. The molecule has 2 aromatic heterocycles. The molecular weight excluding hydrogens is 238 g/mol. The summed E-state index contributed by atoms with van der Waals surface area (Å²) in [7, 11) is 0. The van der Waals surface area contributed by atoms with Gasteiger partial charge < -0.3 is 4.42 Å². The zero-order chi connectivity index (χ0) is 13.1.